The van der Waals surface area contributed by atoms with Crippen LogP contribution in [0.5, 0.6) is 5.75 Å². The maximum absolute atomic E-state index is 9.37. The maximum Gasteiger partial charge on any atom is 0.120 e. The highest BCUT2D eigenvalue weighted by Crippen LogP contribution is 2.21. The molecule has 1 rings (SSSR count). The van der Waals surface area contributed by atoms with Gasteiger partial charge in [0.1, 0.15) is 11.4 Å². The molecule has 4 heteroatoms. The van der Waals surface area contributed by atoms with Crippen molar-refractivity contribution in [3.63, 3.8) is 0 Å². The summed E-state index contributed by atoms with van der Waals surface area (Å²) < 4.78 is 5.69. The molecule has 0 bridgehead atoms. The third kappa shape index (κ3) is 5.39. The van der Waals surface area contributed by atoms with Gasteiger partial charge < -0.3 is 15.6 Å². The second-order valence-corrected chi connectivity index (χ2v) is 5.05. The zero-order valence-corrected chi connectivity index (χ0v) is 11.6. The summed E-state index contributed by atoms with van der Waals surface area (Å²) in [5.41, 5.74) is 6.54. The van der Waals surface area contributed by atoms with Crippen LogP contribution in [0, 0.1) is 0 Å². The Labute approximate surface area is 109 Å². The average molecular weight is 260 g/mol. The Kier molecular flexibility index (Phi) is 5.96. The van der Waals surface area contributed by atoms with Gasteiger partial charge in [-0.25, -0.2) is 0 Å². The van der Waals surface area contributed by atoms with Crippen molar-refractivity contribution in [1.82, 2.24) is 0 Å². The van der Waals surface area contributed by atoms with E-state index in [1.165, 1.54) is 0 Å². The monoisotopic (exact) mass is 259 g/mol. The zero-order chi connectivity index (χ0) is 12.3. The molecule has 0 radical (unpaired) electrons. The molecule has 0 fully saturated rings. The Morgan fingerprint density at radius 1 is 1.18 bits per heavy atom. The Balaban J connectivity index is 0.00000256. The molecule has 1 aromatic rings. The van der Waals surface area contributed by atoms with Gasteiger partial charge >= 0.3 is 0 Å². The molecule has 0 saturated heterocycles. The highest BCUT2D eigenvalue weighted by Gasteiger charge is 2.14. The molecule has 1 aromatic carbocycles. The van der Waals surface area contributed by atoms with Crippen LogP contribution in [0.2, 0.25) is 0 Å². The fourth-order valence-corrected chi connectivity index (χ4v) is 1.39. The van der Waals surface area contributed by atoms with E-state index in [4.69, 9.17) is 10.5 Å². The highest BCUT2D eigenvalue weighted by molar-refractivity contribution is 5.85. The minimum Gasteiger partial charge on any atom is -0.488 e. The zero-order valence-electron chi connectivity index (χ0n) is 10.8. The molecule has 0 unspecified atom stereocenters. The summed E-state index contributed by atoms with van der Waals surface area (Å²) in [4.78, 5) is 0. The molecular weight excluding hydrogens is 238 g/mol. The lowest BCUT2D eigenvalue weighted by molar-refractivity contribution is 0.130. The number of halogens is 1. The fourth-order valence-electron chi connectivity index (χ4n) is 1.39. The molecule has 2 atom stereocenters. The summed E-state index contributed by atoms with van der Waals surface area (Å²) in [6, 6.07) is 7.19. The maximum atomic E-state index is 9.37. The second kappa shape index (κ2) is 6.24. The van der Waals surface area contributed by atoms with E-state index >= 15 is 0 Å². The Morgan fingerprint density at radius 2 is 1.65 bits per heavy atom. The van der Waals surface area contributed by atoms with Crippen molar-refractivity contribution in [3.05, 3.63) is 29.8 Å². The Bertz CT molecular complexity index is 330. The first-order chi connectivity index (χ1) is 7.29. The number of hydrogen-bond donors (Lipinski definition) is 2. The van der Waals surface area contributed by atoms with Gasteiger partial charge in [0, 0.05) is 0 Å². The smallest absolute Gasteiger partial charge is 0.120 e. The van der Waals surface area contributed by atoms with Gasteiger partial charge in [-0.1, -0.05) is 12.1 Å². The van der Waals surface area contributed by atoms with Gasteiger partial charge in [0.05, 0.1) is 12.1 Å². The molecule has 0 saturated carbocycles. The number of hydrogen-bond acceptors (Lipinski definition) is 3. The Hall–Kier alpha value is -0.770. The molecule has 0 aliphatic carbocycles. The minimum atomic E-state index is -0.547. The molecular formula is C13H22ClNO2. The van der Waals surface area contributed by atoms with E-state index in [0.717, 1.165) is 11.3 Å². The van der Waals surface area contributed by atoms with E-state index in [0.29, 0.717) is 0 Å². The van der Waals surface area contributed by atoms with Crippen LogP contribution in [0.15, 0.2) is 24.3 Å². The van der Waals surface area contributed by atoms with Gasteiger partial charge in [0.2, 0.25) is 0 Å². The van der Waals surface area contributed by atoms with Crippen molar-refractivity contribution in [2.45, 2.75) is 45.4 Å². The van der Waals surface area contributed by atoms with E-state index in [2.05, 4.69) is 0 Å². The molecule has 3 nitrogen and oxygen atoms in total. The lowest BCUT2D eigenvalue weighted by Gasteiger charge is -2.22. The first kappa shape index (κ1) is 16.2. The predicted octanol–water partition coefficient (Wildman–Crippen LogP) is 2.67. The van der Waals surface area contributed by atoms with Crippen molar-refractivity contribution in [1.29, 1.82) is 0 Å². The van der Waals surface area contributed by atoms with Crippen LogP contribution in [-0.4, -0.2) is 16.8 Å². The summed E-state index contributed by atoms with van der Waals surface area (Å²) in [6.07, 6.45) is -0.547. The second-order valence-electron chi connectivity index (χ2n) is 5.05. The van der Waals surface area contributed by atoms with Gasteiger partial charge in [-0.2, -0.15) is 0 Å². The first-order valence-corrected chi connectivity index (χ1v) is 5.52. The third-order valence-corrected chi connectivity index (χ3v) is 2.21. The van der Waals surface area contributed by atoms with Crippen LogP contribution in [-0.2, 0) is 0 Å². The fraction of sp³-hybridized carbons (Fsp3) is 0.538. The molecule has 0 aromatic heterocycles. The summed E-state index contributed by atoms with van der Waals surface area (Å²) in [6.45, 7) is 7.69. The lowest BCUT2D eigenvalue weighted by Crippen LogP contribution is -2.24. The SMILES string of the molecule is C[C@H](O)[C@H](N)c1ccc(OC(C)(C)C)cc1.Cl. The summed E-state index contributed by atoms with van der Waals surface area (Å²) >= 11 is 0. The van der Waals surface area contributed by atoms with Crippen molar-refractivity contribution in [3.8, 4) is 5.75 Å². The third-order valence-electron chi connectivity index (χ3n) is 2.21. The van der Waals surface area contributed by atoms with Crippen molar-refractivity contribution in [2.24, 2.45) is 5.73 Å². The number of rotatable bonds is 3. The normalized spacial score (nSPS) is 14.7. The molecule has 3 N–H and O–H groups in total. The van der Waals surface area contributed by atoms with Crippen molar-refractivity contribution in [2.75, 3.05) is 0 Å². The standard InChI is InChI=1S/C13H21NO2.ClH/c1-9(15)12(14)10-5-7-11(8-6-10)16-13(2,3)4;/h5-9,12,15H,14H2,1-4H3;1H/t9-,12-;/m0./s1. The van der Waals surface area contributed by atoms with Gasteiger partial charge in [-0.15, -0.1) is 12.4 Å². The average Bonchev–Trinajstić information content (AvgIpc) is 2.15. The lowest BCUT2D eigenvalue weighted by atomic mass is 10.0. The molecule has 17 heavy (non-hydrogen) atoms. The Morgan fingerprint density at radius 3 is 2.00 bits per heavy atom. The molecule has 0 amide bonds. The highest BCUT2D eigenvalue weighted by atomic mass is 35.5. The van der Waals surface area contributed by atoms with E-state index in [-0.39, 0.29) is 24.0 Å². The van der Waals surface area contributed by atoms with Gasteiger partial charge in [0.15, 0.2) is 0 Å². The van der Waals surface area contributed by atoms with E-state index in [1.807, 2.05) is 45.0 Å². The molecule has 98 valence electrons. The number of nitrogens with two attached hydrogens (primary N) is 1. The number of aliphatic hydroxyl groups is 1. The van der Waals surface area contributed by atoms with E-state index < -0.39 is 6.10 Å². The molecule has 0 spiro atoms. The first-order valence-electron chi connectivity index (χ1n) is 5.52. The number of ether oxygens (including phenoxy) is 1. The van der Waals surface area contributed by atoms with Crippen LogP contribution >= 0.6 is 12.4 Å². The molecule has 0 heterocycles. The number of benzene rings is 1. The van der Waals surface area contributed by atoms with Gasteiger partial charge in [-0.3, -0.25) is 0 Å². The van der Waals surface area contributed by atoms with Crippen LogP contribution < -0.4 is 10.5 Å². The van der Waals surface area contributed by atoms with E-state index in [9.17, 15) is 5.11 Å². The quantitative estimate of drug-likeness (QED) is 0.878. The van der Waals surface area contributed by atoms with Crippen LogP contribution in [0.25, 0.3) is 0 Å². The van der Waals surface area contributed by atoms with Crippen LogP contribution in [0.1, 0.15) is 39.3 Å². The summed E-state index contributed by atoms with van der Waals surface area (Å²) in [5.74, 6) is 0.814. The summed E-state index contributed by atoms with van der Waals surface area (Å²) in [7, 11) is 0. The molecule has 0 aliphatic rings. The summed E-state index contributed by atoms with van der Waals surface area (Å²) in [5, 5.41) is 9.37. The predicted molar refractivity (Wildman–Crippen MR) is 72.7 cm³/mol. The van der Waals surface area contributed by atoms with Crippen LogP contribution in [0.4, 0.5) is 0 Å². The largest absolute Gasteiger partial charge is 0.488 e. The minimum absolute atomic E-state index is 0. The van der Waals surface area contributed by atoms with Crippen molar-refractivity contribution < 1.29 is 9.84 Å². The van der Waals surface area contributed by atoms with Gasteiger partial charge in [0.25, 0.3) is 0 Å². The van der Waals surface area contributed by atoms with Crippen LogP contribution in [0.3, 0.4) is 0 Å². The topological polar surface area (TPSA) is 55.5 Å². The van der Waals surface area contributed by atoms with Gasteiger partial charge in [-0.05, 0) is 45.4 Å². The van der Waals surface area contributed by atoms with Crippen molar-refractivity contribution >= 4 is 12.4 Å². The van der Waals surface area contributed by atoms with E-state index in [1.54, 1.807) is 6.92 Å². The number of aliphatic hydroxyl groups excluding tert-OH is 1. The molecule has 0 aliphatic heterocycles.